The van der Waals surface area contributed by atoms with Crippen LogP contribution in [0.1, 0.15) is 11.1 Å². The Hall–Kier alpha value is -0.870. The van der Waals surface area contributed by atoms with Gasteiger partial charge in [0.2, 0.25) is 5.91 Å². The number of benzene rings is 1. The molecular formula is C11H14ClNO2S. The van der Waals surface area contributed by atoms with Crippen LogP contribution >= 0.6 is 24.2 Å². The van der Waals surface area contributed by atoms with E-state index >= 15 is 0 Å². The molecule has 0 saturated heterocycles. The average Bonchev–Trinajstić information content (AvgIpc) is 2.29. The van der Waals surface area contributed by atoms with Crippen molar-refractivity contribution < 1.29 is 9.53 Å². The van der Waals surface area contributed by atoms with Gasteiger partial charge in [-0.15, -0.1) is 0 Å². The molecule has 0 spiro atoms. The Bertz CT molecular complexity index is 396. The summed E-state index contributed by atoms with van der Waals surface area (Å²) in [7, 11) is 1.59. The first-order valence-electron chi connectivity index (χ1n) is 4.79. The van der Waals surface area contributed by atoms with Gasteiger partial charge in [-0.2, -0.15) is 12.6 Å². The molecule has 0 aliphatic carbocycles. The van der Waals surface area contributed by atoms with E-state index in [1.54, 1.807) is 13.2 Å². The van der Waals surface area contributed by atoms with Gasteiger partial charge in [-0.1, -0.05) is 11.6 Å². The summed E-state index contributed by atoms with van der Waals surface area (Å²) < 4.78 is 5.22. The van der Waals surface area contributed by atoms with Crippen LogP contribution in [0.25, 0.3) is 0 Å². The molecule has 16 heavy (non-hydrogen) atoms. The van der Waals surface area contributed by atoms with E-state index in [1.807, 2.05) is 13.0 Å². The second-order valence-electron chi connectivity index (χ2n) is 3.35. The molecule has 3 nitrogen and oxygen atoms in total. The number of hydrogen-bond acceptors (Lipinski definition) is 3. The van der Waals surface area contributed by atoms with Crippen molar-refractivity contribution in [1.82, 2.24) is 5.32 Å². The molecule has 0 fully saturated rings. The molecule has 0 saturated carbocycles. The van der Waals surface area contributed by atoms with Gasteiger partial charge in [0.1, 0.15) is 5.75 Å². The highest BCUT2D eigenvalue weighted by Gasteiger charge is 2.07. The van der Waals surface area contributed by atoms with E-state index in [4.69, 9.17) is 16.3 Å². The third-order valence-corrected chi connectivity index (χ3v) is 2.88. The van der Waals surface area contributed by atoms with Gasteiger partial charge in [0.15, 0.2) is 0 Å². The summed E-state index contributed by atoms with van der Waals surface area (Å²) in [5.74, 6) is 0.769. The van der Waals surface area contributed by atoms with E-state index < -0.39 is 0 Å². The van der Waals surface area contributed by atoms with Crippen molar-refractivity contribution in [2.75, 3.05) is 12.9 Å². The number of hydrogen-bond donors (Lipinski definition) is 2. The summed E-state index contributed by atoms with van der Waals surface area (Å²) in [5, 5.41) is 3.38. The molecule has 0 radical (unpaired) electrons. The van der Waals surface area contributed by atoms with Crippen LogP contribution in [0.3, 0.4) is 0 Å². The van der Waals surface area contributed by atoms with E-state index in [1.165, 1.54) is 0 Å². The zero-order valence-electron chi connectivity index (χ0n) is 9.21. The predicted octanol–water partition coefficient (Wildman–Crippen LogP) is 2.20. The summed E-state index contributed by atoms with van der Waals surface area (Å²) in [6.07, 6.45) is 0. The van der Waals surface area contributed by atoms with Crippen molar-refractivity contribution in [3.63, 3.8) is 0 Å². The zero-order chi connectivity index (χ0) is 12.1. The Morgan fingerprint density at radius 2 is 2.25 bits per heavy atom. The number of carbonyl (C=O) groups is 1. The van der Waals surface area contributed by atoms with Crippen molar-refractivity contribution >= 4 is 30.1 Å². The normalized spacial score (nSPS) is 10.0. The quantitative estimate of drug-likeness (QED) is 0.814. The summed E-state index contributed by atoms with van der Waals surface area (Å²) >= 11 is 9.89. The van der Waals surface area contributed by atoms with Crippen molar-refractivity contribution in [2.24, 2.45) is 0 Å². The lowest BCUT2D eigenvalue weighted by atomic mass is 10.1. The maximum atomic E-state index is 11.1. The maximum Gasteiger partial charge on any atom is 0.229 e. The molecule has 0 aliphatic rings. The van der Waals surface area contributed by atoms with Crippen LogP contribution in [-0.4, -0.2) is 18.8 Å². The molecule has 0 atom stereocenters. The molecule has 0 aliphatic heterocycles. The number of rotatable bonds is 4. The summed E-state index contributed by atoms with van der Waals surface area (Å²) in [6.45, 7) is 2.30. The molecule has 1 N–H and O–H groups in total. The minimum Gasteiger partial charge on any atom is -0.496 e. The minimum absolute atomic E-state index is 0.123. The van der Waals surface area contributed by atoms with E-state index in [0.717, 1.165) is 16.9 Å². The first-order chi connectivity index (χ1) is 7.58. The minimum atomic E-state index is -0.123. The molecule has 0 aromatic heterocycles. The standard InChI is InChI=1S/C11H14ClNO2S/c1-7-3-10(15-2)8(4-9(7)12)5-13-11(14)6-16/h3-4,16H,5-6H2,1-2H3,(H,13,14). The van der Waals surface area contributed by atoms with Crippen LogP contribution in [0, 0.1) is 6.92 Å². The van der Waals surface area contributed by atoms with Crippen molar-refractivity contribution in [3.8, 4) is 5.75 Å². The molecule has 0 bridgehead atoms. The van der Waals surface area contributed by atoms with Crippen LogP contribution in [0.15, 0.2) is 12.1 Å². The maximum absolute atomic E-state index is 11.1. The number of halogens is 1. The van der Waals surface area contributed by atoms with Gasteiger partial charge in [-0.3, -0.25) is 4.79 Å². The fraction of sp³-hybridized carbons (Fsp3) is 0.364. The summed E-state index contributed by atoms with van der Waals surface area (Å²) in [5.41, 5.74) is 1.80. The van der Waals surface area contributed by atoms with Crippen LogP contribution in [0.4, 0.5) is 0 Å². The summed E-state index contributed by atoms with van der Waals surface area (Å²) in [4.78, 5) is 11.1. The van der Waals surface area contributed by atoms with E-state index in [2.05, 4.69) is 17.9 Å². The van der Waals surface area contributed by atoms with Crippen LogP contribution in [0.5, 0.6) is 5.75 Å². The van der Waals surface area contributed by atoms with Gasteiger partial charge in [-0.25, -0.2) is 0 Å². The van der Waals surface area contributed by atoms with Crippen molar-refractivity contribution in [1.29, 1.82) is 0 Å². The fourth-order valence-electron chi connectivity index (χ4n) is 1.27. The van der Waals surface area contributed by atoms with Gasteiger partial charge < -0.3 is 10.1 Å². The molecule has 5 heteroatoms. The molecule has 1 aromatic carbocycles. The average molecular weight is 260 g/mol. The smallest absolute Gasteiger partial charge is 0.229 e. The van der Waals surface area contributed by atoms with Gasteiger partial charge in [0.05, 0.1) is 12.9 Å². The number of ether oxygens (including phenoxy) is 1. The molecule has 88 valence electrons. The monoisotopic (exact) mass is 259 g/mol. The van der Waals surface area contributed by atoms with Crippen LogP contribution in [-0.2, 0) is 11.3 Å². The molecule has 0 heterocycles. The second-order valence-corrected chi connectivity index (χ2v) is 4.07. The zero-order valence-corrected chi connectivity index (χ0v) is 10.9. The number of methoxy groups -OCH3 is 1. The number of carbonyl (C=O) groups excluding carboxylic acids is 1. The Balaban J connectivity index is 2.86. The van der Waals surface area contributed by atoms with Gasteiger partial charge in [0, 0.05) is 17.1 Å². The Kier molecular flexibility index (Phi) is 4.96. The van der Waals surface area contributed by atoms with E-state index in [-0.39, 0.29) is 11.7 Å². The summed E-state index contributed by atoms with van der Waals surface area (Å²) in [6, 6.07) is 3.65. The van der Waals surface area contributed by atoms with Gasteiger partial charge in [0.25, 0.3) is 0 Å². The van der Waals surface area contributed by atoms with Gasteiger partial charge in [-0.05, 0) is 24.6 Å². The fourth-order valence-corrected chi connectivity index (χ4v) is 1.57. The van der Waals surface area contributed by atoms with Crippen LogP contribution < -0.4 is 10.1 Å². The molecule has 1 amide bonds. The lowest BCUT2D eigenvalue weighted by Gasteiger charge is -2.11. The molecule has 0 unspecified atom stereocenters. The Morgan fingerprint density at radius 3 is 2.81 bits per heavy atom. The number of amides is 1. The third kappa shape index (κ3) is 3.32. The highest BCUT2D eigenvalue weighted by Crippen LogP contribution is 2.26. The third-order valence-electron chi connectivity index (χ3n) is 2.18. The van der Waals surface area contributed by atoms with Crippen molar-refractivity contribution in [2.45, 2.75) is 13.5 Å². The number of thiol groups is 1. The molecular weight excluding hydrogens is 246 g/mol. The highest BCUT2D eigenvalue weighted by molar-refractivity contribution is 7.81. The predicted molar refractivity (Wildman–Crippen MR) is 68.4 cm³/mol. The Labute approximate surface area is 106 Å². The van der Waals surface area contributed by atoms with E-state index in [9.17, 15) is 4.79 Å². The van der Waals surface area contributed by atoms with Gasteiger partial charge >= 0.3 is 0 Å². The lowest BCUT2D eigenvalue weighted by molar-refractivity contribution is -0.118. The second kappa shape index (κ2) is 6.01. The molecule has 1 aromatic rings. The number of nitrogens with one attached hydrogen (secondary N) is 1. The first-order valence-corrected chi connectivity index (χ1v) is 5.80. The molecule has 1 rings (SSSR count). The first kappa shape index (κ1) is 13.2. The largest absolute Gasteiger partial charge is 0.496 e. The highest BCUT2D eigenvalue weighted by atomic mass is 35.5. The SMILES string of the molecule is COc1cc(C)c(Cl)cc1CNC(=O)CS. The number of aryl methyl sites for hydroxylation is 1. The van der Waals surface area contributed by atoms with Crippen molar-refractivity contribution in [3.05, 3.63) is 28.3 Å². The Morgan fingerprint density at radius 1 is 1.56 bits per heavy atom. The van der Waals surface area contributed by atoms with E-state index in [0.29, 0.717) is 11.6 Å². The topological polar surface area (TPSA) is 38.3 Å². The lowest BCUT2D eigenvalue weighted by Crippen LogP contribution is -2.24. The van der Waals surface area contributed by atoms with Crippen LogP contribution in [0.2, 0.25) is 5.02 Å².